The number of Topliss-reactive ketones (excluding diaryl/α,β-unsaturated/α-hetero) is 3. The first-order valence-electron chi connectivity index (χ1n) is 10.7. The zero-order chi connectivity index (χ0) is 25.0. The van der Waals surface area contributed by atoms with Gasteiger partial charge in [-0.1, -0.05) is 24.3 Å². The molecule has 0 aromatic heterocycles. The molecule has 0 saturated heterocycles. The Bertz CT molecular complexity index is 1220. The largest absolute Gasteiger partial charge is 0.496 e. The summed E-state index contributed by atoms with van der Waals surface area (Å²) in [5.74, 6) is -2.45. The second kappa shape index (κ2) is 10.3. The Morgan fingerprint density at radius 2 is 1.50 bits per heavy atom. The molecule has 0 unspecified atom stereocenters. The Balaban J connectivity index is 2.12. The third-order valence-corrected chi connectivity index (χ3v) is 5.63. The lowest BCUT2D eigenvalue weighted by molar-refractivity contribution is -0.143. The lowest BCUT2D eigenvalue weighted by Crippen LogP contribution is -2.24. The molecule has 8 heteroatoms. The van der Waals surface area contributed by atoms with E-state index in [1.54, 1.807) is 24.3 Å². The average molecular weight is 464 g/mol. The van der Waals surface area contributed by atoms with Crippen LogP contribution in [-0.4, -0.2) is 49.1 Å². The summed E-state index contributed by atoms with van der Waals surface area (Å²) < 4.78 is 10.1. The monoisotopic (exact) mass is 464 g/mol. The average Bonchev–Trinajstić information content (AvgIpc) is 2.80. The first-order chi connectivity index (χ1) is 16.2. The molecule has 8 nitrogen and oxygen atoms in total. The standard InChI is InChI=1S/C26H24O8/c1-14(27)10-16(28)9-8-15-11-21-23(25(32)19-7-5-4-6-18(19)24(21)31)26(34-3)20(15)12-17(29)13-22(30)33-2/h4-7,11H,8-10,12-13H2,1-3H3. The Morgan fingerprint density at radius 3 is 2.09 bits per heavy atom. The van der Waals surface area contributed by atoms with Crippen LogP contribution in [0.5, 0.6) is 5.75 Å². The number of esters is 1. The normalized spacial score (nSPS) is 12.0. The van der Waals surface area contributed by atoms with Crippen LogP contribution in [0.15, 0.2) is 30.3 Å². The minimum atomic E-state index is -0.708. The molecule has 0 fully saturated rings. The van der Waals surface area contributed by atoms with Crippen LogP contribution in [0.25, 0.3) is 0 Å². The zero-order valence-electron chi connectivity index (χ0n) is 19.2. The van der Waals surface area contributed by atoms with E-state index in [2.05, 4.69) is 4.74 Å². The molecule has 1 aliphatic carbocycles. The van der Waals surface area contributed by atoms with Gasteiger partial charge in [0.1, 0.15) is 29.5 Å². The fourth-order valence-corrected chi connectivity index (χ4v) is 4.09. The van der Waals surface area contributed by atoms with Gasteiger partial charge in [-0.15, -0.1) is 0 Å². The molecular weight excluding hydrogens is 440 g/mol. The van der Waals surface area contributed by atoms with E-state index in [9.17, 15) is 28.8 Å². The Kier molecular flexibility index (Phi) is 7.50. The van der Waals surface area contributed by atoms with Crippen LogP contribution < -0.4 is 4.74 Å². The maximum Gasteiger partial charge on any atom is 0.313 e. The van der Waals surface area contributed by atoms with E-state index in [0.29, 0.717) is 11.1 Å². The highest BCUT2D eigenvalue weighted by Crippen LogP contribution is 2.38. The molecule has 0 bridgehead atoms. The molecule has 0 amide bonds. The van der Waals surface area contributed by atoms with E-state index in [0.717, 1.165) is 0 Å². The summed E-state index contributed by atoms with van der Waals surface area (Å²) in [6.07, 6.45) is -0.832. The van der Waals surface area contributed by atoms with Gasteiger partial charge in [0.15, 0.2) is 11.6 Å². The van der Waals surface area contributed by atoms with E-state index >= 15 is 0 Å². The Hall–Kier alpha value is -3.94. The summed E-state index contributed by atoms with van der Waals surface area (Å²) in [6, 6.07) is 7.93. The minimum absolute atomic E-state index is 0.00155. The summed E-state index contributed by atoms with van der Waals surface area (Å²) in [5.41, 5.74) is 1.45. The highest BCUT2D eigenvalue weighted by molar-refractivity contribution is 6.29. The van der Waals surface area contributed by atoms with Crippen LogP contribution in [0.3, 0.4) is 0 Å². The van der Waals surface area contributed by atoms with E-state index in [1.165, 1.54) is 27.2 Å². The number of benzene rings is 2. The van der Waals surface area contributed by atoms with E-state index in [1.807, 2.05) is 0 Å². The van der Waals surface area contributed by atoms with Gasteiger partial charge in [-0.2, -0.15) is 0 Å². The van der Waals surface area contributed by atoms with Crippen molar-refractivity contribution in [3.05, 3.63) is 63.7 Å². The fourth-order valence-electron chi connectivity index (χ4n) is 4.09. The predicted octanol–water partition coefficient (Wildman–Crippen LogP) is 2.63. The third-order valence-electron chi connectivity index (χ3n) is 5.63. The number of rotatable bonds is 10. The number of carbonyl (C=O) groups is 6. The second-order valence-corrected chi connectivity index (χ2v) is 8.06. The van der Waals surface area contributed by atoms with Crippen molar-refractivity contribution in [1.82, 2.24) is 0 Å². The SMILES string of the molecule is COC(=O)CC(=O)Cc1c(CCC(=O)CC(C)=O)cc2c(c1OC)C(=O)c1ccccc1C2=O. The molecule has 0 radical (unpaired) electrons. The van der Waals surface area contributed by atoms with E-state index in [4.69, 9.17) is 4.74 Å². The van der Waals surface area contributed by atoms with Crippen molar-refractivity contribution in [2.45, 2.75) is 39.0 Å². The predicted molar refractivity (Wildman–Crippen MR) is 120 cm³/mol. The molecule has 0 N–H and O–H groups in total. The lowest BCUT2D eigenvalue weighted by Gasteiger charge is -2.24. The zero-order valence-corrected chi connectivity index (χ0v) is 19.2. The number of fused-ring (bicyclic) bond motifs is 2. The molecule has 1 aliphatic rings. The summed E-state index contributed by atoms with van der Waals surface area (Å²) >= 11 is 0. The summed E-state index contributed by atoms with van der Waals surface area (Å²) in [7, 11) is 2.50. The first kappa shape index (κ1) is 24.7. The van der Waals surface area contributed by atoms with Crippen molar-refractivity contribution < 1.29 is 38.2 Å². The highest BCUT2D eigenvalue weighted by atomic mass is 16.5. The van der Waals surface area contributed by atoms with Crippen molar-refractivity contribution in [2.75, 3.05) is 14.2 Å². The summed E-state index contributed by atoms with van der Waals surface area (Å²) in [5, 5.41) is 0. The number of hydrogen-bond acceptors (Lipinski definition) is 8. The van der Waals surface area contributed by atoms with Gasteiger partial charge in [0.2, 0.25) is 0 Å². The molecule has 0 heterocycles. The van der Waals surface area contributed by atoms with Crippen LogP contribution in [0.2, 0.25) is 0 Å². The van der Waals surface area contributed by atoms with Crippen LogP contribution >= 0.6 is 0 Å². The fraction of sp³-hybridized carbons (Fsp3) is 0.308. The molecule has 0 atom stereocenters. The molecule has 3 rings (SSSR count). The molecule has 34 heavy (non-hydrogen) atoms. The van der Waals surface area contributed by atoms with Crippen LogP contribution in [0.1, 0.15) is 69.2 Å². The molecule has 2 aromatic rings. The Labute approximate surface area is 196 Å². The van der Waals surface area contributed by atoms with Crippen molar-refractivity contribution in [3.8, 4) is 5.75 Å². The Morgan fingerprint density at radius 1 is 0.853 bits per heavy atom. The van der Waals surface area contributed by atoms with Crippen LogP contribution in [0, 0.1) is 0 Å². The molecule has 0 saturated carbocycles. The highest BCUT2D eigenvalue weighted by Gasteiger charge is 2.35. The van der Waals surface area contributed by atoms with Crippen molar-refractivity contribution >= 4 is 34.9 Å². The van der Waals surface area contributed by atoms with Gasteiger partial charge >= 0.3 is 5.97 Å². The van der Waals surface area contributed by atoms with Crippen LogP contribution in [0.4, 0.5) is 0 Å². The number of methoxy groups -OCH3 is 2. The second-order valence-electron chi connectivity index (χ2n) is 8.06. The minimum Gasteiger partial charge on any atom is -0.496 e. The van der Waals surface area contributed by atoms with Gasteiger partial charge in [0.05, 0.1) is 26.2 Å². The third kappa shape index (κ3) is 5.01. The molecular formula is C26H24O8. The smallest absolute Gasteiger partial charge is 0.313 e. The summed E-state index contributed by atoms with van der Waals surface area (Å²) in [4.78, 5) is 74.2. The quantitative estimate of drug-likeness (QED) is 0.332. The van der Waals surface area contributed by atoms with Gasteiger partial charge in [-0.25, -0.2) is 0 Å². The van der Waals surface area contributed by atoms with Crippen LogP contribution in [-0.2, 0) is 36.8 Å². The molecule has 2 aromatic carbocycles. The molecule has 0 spiro atoms. The molecule has 176 valence electrons. The maximum absolute atomic E-state index is 13.3. The van der Waals surface area contributed by atoms with E-state index in [-0.39, 0.29) is 71.0 Å². The van der Waals surface area contributed by atoms with E-state index < -0.39 is 24.0 Å². The number of ether oxygens (including phenoxy) is 2. The van der Waals surface area contributed by atoms with Crippen molar-refractivity contribution in [3.63, 3.8) is 0 Å². The number of ketones is 5. The van der Waals surface area contributed by atoms with Crippen molar-refractivity contribution in [1.29, 1.82) is 0 Å². The number of hydrogen-bond donors (Lipinski definition) is 0. The molecule has 0 aliphatic heterocycles. The van der Waals surface area contributed by atoms with Gasteiger partial charge < -0.3 is 9.47 Å². The number of aryl methyl sites for hydroxylation is 1. The van der Waals surface area contributed by atoms with Gasteiger partial charge in [-0.05, 0) is 25.0 Å². The first-order valence-corrected chi connectivity index (χ1v) is 10.7. The summed E-state index contributed by atoms with van der Waals surface area (Å²) in [6.45, 7) is 1.32. The van der Waals surface area contributed by atoms with Crippen molar-refractivity contribution in [2.24, 2.45) is 0 Å². The topological polar surface area (TPSA) is 121 Å². The number of carbonyl (C=O) groups excluding carboxylic acids is 6. The van der Waals surface area contributed by atoms with Gasteiger partial charge in [0.25, 0.3) is 0 Å². The van der Waals surface area contributed by atoms with Gasteiger partial charge in [0, 0.05) is 35.1 Å². The lowest BCUT2D eigenvalue weighted by atomic mass is 9.80. The maximum atomic E-state index is 13.3. The van der Waals surface area contributed by atoms with Gasteiger partial charge in [-0.3, -0.25) is 28.8 Å².